The Balaban J connectivity index is 1.36. The summed E-state index contributed by atoms with van der Waals surface area (Å²) in [4.78, 5) is 42.2. The predicted molar refractivity (Wildman–Crippen MR) is 147 cm³/mol. The quantitative estimate of drug-likeness (QED) is 0.302. The molecule has 8 nitrogen and oxygen atoms in total. The van der Waals surface area contributed by atoms with Crippen molar-refractivity contribution in [2.75, 3.05) is 24.6 Å². The van der Waals surface area contributed by atoms with Crippen LogP contribution < -0.4 is 16.4 Å². The Bertz CT molecular complexity index is 1410. The summed E-state index contributed by atoms with van der Waals surface area (Å²) in [6.45, 7) is 1.94. The fourth-order valence-electron chi connectivity index (χ4n) is 3.57. The Labute approximate surface area is 219 Å². The molecule has 0 spiro atoms. The third kappa shape index (κ3) is 6.80. The van der Waals surface area contributed by atoms with Crippen LogP contribution in [-0.2, 0) is 16.1 Å². The molecule has 0 aliphatic heterocycles. The van der Waals surface area contributed by atoms with Gasteiger partial charge in [0.25, 0.3) is 5.91 Å². The number of anilines is 2. The summed E-state index contributed by atoms with van der Waals surface area (Å²) >= 11 is 1.31. The Morgan fingerprint density at radius 1 is 0.946 bits per heavy atom. The molecular weight excluding hydrogens is 486 g/mol. The molecular formula is C28H27N5O3S. The van der Waals surface area contributed by atoms with Crippen LogP contribution in [-0.4, -0.2) is 41.2 Å². The van der Waals surface area contributed by atoms with Crippen molar-refractivity contribution < 1.29 is 14.4 Å². The van der Waals surface area contributed by atoms with Crippen molar-refractivity contribution in [3.63, 3.8) is 0 Å². The van der Waals surface area contributed by atoms with Gasteiger partial charge in [0.05, 0.1) is 12.2 Å². The fourth-order valence-corrected chi connectivity index (χ4v) is 4.31. The van der Waals surface area contributed by atoms with E-state index < -0.39 is 0 Å². The van der Waals surface area contributed by atoms with E-state index in [-0.39, 0.29) is 24.3 Å². The SMILES string of the molecule is CC(=O)N(C)Cc1ccc(-c2cccc(-c3csc(NC(=O)CNC(=O)c4ccc(N)cc4)n3)c2)cc1. The molecule has 0 radical (unpaired) electrons. The fraction of sp³-hybridized carbons (Fsp3) is 0.143. The molecule has 0 saturated heterocycles. The molecule has 0 aliphatic rings. The molecule has 9 heteroatoms. The molecule has 4 N–H and O–H groups in total. The Morgan fingerprint density at radius 2 is 1.65 bits per heavy atom. The van der Waals surface area contributed by atoms with Crippen LogP contribution in [0.5, 0.6) is 0 Å². The zero-order valence-electron chi connectivity index (χ0n) is 20.5. The van der Waals surface area contributed by atoms with Crippen LogP contribution in [0.25, 0.3) is 22.4 Å². The molecule has 3 aromatic carbocycles. The minimum Gasteiger partial charge on any atom is -0.399 e. The first-order valence-corrected chi connectivity index (χ1v) is 12.5. The van der Waals surface area contributed by atoms with Gasteiger partial charge < -0.3 is 21.3 Å². The van der Waals surface area contributed by atoms with Crippen molar-refractivity contribution in [2.45, 2.75) is 13.5 Å². The highest BCUT2D eigenvalue weighted by Gasteiger charge is 2.12. The van der Waals surface area contributed by atoms with Gasteiger partial charge in [-0.2, -0.15) is 0 Å². The summed E-state index contributed by atoms with van der Waals surface area (Å²) in [7, 11) is 1.78. The van der Waals surface area contributed by atoms with E-state index in [0.717, 1.165) is 27.9 Å². The van der Waals surface area contributed by atoms with Crippen LogP contribution >= 0.6 is 11.3 Å². The third-order valence-corrected chi connectivity index (χ3v) is 6.49. The van der Waals surface area contributed by atoms with Crippen molar-refractivity contribution >= 4 is 39.9 Å². The molecule has 4 rings (SSSR count). The number of nitrogens with two attached hydrogens (primary N) is 1. The van der Waals surface area contributed by atoms with Crippen molar-refractivity contribution in [2.24, 2.45) is 0 Å². The summed E-state index contributed by atoms with van der Waals surface area (Å²) in [6.07, 6.45) is 0. The van der Waals surface area contributed by atoms with E-state index in [1.807, 2.05) is 53.9 Å². The van der Waals surface area contributed by atoms with Crippen molar-refractivity contribution in [3.8, 4) is 22.4 Å². The number of carbonyl (C=O) groups is 3. The van der Waals surface area contributed by atoms with Crippen LogP contribution in [0.1, 0.15) is 22.8 Å². The van der Waals surface area contributed by atoms with Crippen LogP contribution in [0.15, 0.2) is 78.2 Å². The van der Waals surface area contributed by atoms with E-state index in [0.29, 0.717) is 22.9 Å². The van der Waals surface area contributed by atoms with E-state index >= 15 is 0 Å². The third-order valence-electron chi connectivity index (χ3n) is 5.74. The first-order chi connectivity index (χ1) is 17.8. The number of hydrogen-bond donors (Lipinski definition) is 3. The van der Waals surface area contributed by atoms with E-state index in [4.69, 9.17) is 5.73 Å². The summed E-state index contributed by atoms with van der Waals surface area (Å²) in [5.41, 5.74) is 11.4. The molecule has 0 aliphatic carbocycles. The van der Waals surface area contributed by atoms with Crippen LogP contribution in [0, 0.1) is 0 Å². The maximum atomic E-state index is 12.3. The lowest BCUT2D eigenvalue weighted by molar-refractivity contribution is -0.128. The molecule has 188 valence electrons. The van der Waals surface area contributed by atoms with Gasteiger partial charge in [-0.1, -0.05) is 42.5 Å². The number of nitrogens with zero attached hydrogens (tertiary/aromatic N) is 2. The molecule has 37 heavy (non-hydrogen) atoms. The molecule has 0 bridgehead atoms. The monoisotopic (exact) mass is 513 g/mol. The van der Waals surface area contributed by atoms with Crippen LogP contribution in [0.3, 0.4) is 0 Å². The van der Waals surface area contributed by atoms with Gasteiger partial charge in [0, 0.05) is 42.7 Å². The van der Waals surface area contributed by atoms with Gasteiger partial charge >= 0.3 is 0 Å². The number of rotatable bonds is 8. The van der Waals surface area contributed by atoms with Gasteiger partial charge in [-0.15, -0.1) is 11.3 Å². The number of benzene rings is 3. The number of hydrogen-bond acceptors (Lipinski definition) is 6. The Morgan fingerprint density at radius 3 is 2.35 bits per heavy atom. The summed E-state index contributed by atoms with van der Waals surface area (Å²) in [5, 5.41) is 7.65. The van der Waals surface area contributed by atoms with Gasteiger partial charge in [0.2, 0.25) is 11.8 Å². The predicted octanol–water partition coefficient (Wildman–Crippen LogP) is 4.41. The van der Waals surface area contributed by atoms with E-state index in [1.165, 1.54) is 11.3 Å². The molecule has 3 amide bonds. The van der Waals surface area contributed by atoms with Crippen molar-refractivity contribution in [1.82, 2.24) is 15.2 Å². The van der Waals surface area contributed by atoms with Crippen LogP contribution in [0.4, 0.5) is 10.8 Å². The highest BCUT2D eigenvalue weighted by Crippen LogP contribution is 2.29. The lowest BCUT2D eigenvalue weighted by Gasteiger charge is -2.15. The first kappa shape index (κ1) is 25.6. The van der Waals surface area contributed by atoms with Crippen molar-refractivity contribution in [1.29, 1.82) is 0 Å². The van der Waals surface area contributed by atoms with Gasteiger partial charge in [0.15, 0.2) is 5.13 Å². The molecule has 0 saturated carbocycles. The van der Waals surface area contributed by atoms with Gasteiger partial charge in [0.1, 0.15) is 0 Å². The number of nitrogen functional groups attached to an aromatic ring is 1. The van der Waals surface area contributed by atoms with E-state index in [1.54, 1.807) is 43.1 Å². The average molecular weight is 514 g/mol. The molecule has 0 unspecified atom stereocenters. The first-order valence-electron chi connectivity index (χ1n) is 11.6. The Kier molecular flexibility index (Phi) is 7.95. The second-order valence-corrected chi connectivity index (χ2v) is 9.40. The zero-order chi connectivity index (χ0) is 26.4. The standard InChI is InChI=1S/C28H27N5O3S/c1-18(34)33(2)16-19-6-8-20(9-7-19)22-4-3-5-23(14-22)25-17-37-28(31-25)32-26(35)15-30-27(36)21-10-12-24(29)13-11-21/h3-14,17H,15-16,29H2,1-2H3,(H,30,36)(H,31,32,35). The smallest absolute Gasteiger partial charge is 0.251 e. The summed E-state index contributed by atoms with van der Waals surface area (Å²) in [5.74, 6) is -0.696. The maximum Gasteiger partial charge on any atom is 0.251 e. The molecule has 0 fully saturated rings. The zero-order valence-corrected chi connectivity index (χ0v) is 21.3. The van der Waals surface area contributed by atoms with Crippen LogP contribution in [0.2, 0.25) is 0 Å². The summed E-state index contributed by atoms with van der Waals surface area (Å²) < 4.78 is 0. The maximum absolute atomic E-state index is 12.3. The van der Waals surface area contributed by atoms with Gasteiger partial charge in [-0.3, -0.25) is 14.4 Å². The number of aromatic nitrogens is 1. The molecule has 4 aromatic rings. The normalized spacial score (nSPS) is 10.5. The minimum atomic E-state index is -0.367. The number of amides is 3. The highest BCUT2D eigenvalue weighted by molar-refractivity contribution is 7.14. The highest BCUT2D eigenvalue weighted by atomic mass is 32.1. The van der Waals surface area contributed by atoms with E-state index in [2.05, 4.69) is 15.6 Å². The lowest BCUT2D eigenvalue weighted by Crippen LogP contribution is -2.32. The average Bonchev–Trinajstić information content (AvgIpc) is 3.36. The molecule has 0 atom stereocenters. The Hall–Kier alpha value is -4.50. The molecule has 1 aromatic heterocycles. The number of nitrogens with one attached hydrogen (secondary N) is 2. The van der Waals surface area contributed by atoms with Crippen molar-refractivity contribution in [3.05, 3.63) is 89.3 Å². The van der Waals surface area contributed by atoms with Gasteiger partial charge in [-0.05, 0) is 47.0 Å². The minimum absolute atomic E-state index is 0.0264. The van der Waals surface area contributed by atoms with Gasteiger partial charge in [-0.25, -0.2) is 4.98 Å². The molecule has 1 heterocycles. The topological polar surface area (TPSA) is 117 Å². The lowest BCUT2D eigenvalue weighted by atomic mass is 10.0. The number of carbonyl (C=O) groups excluding carboxylic acids is 3. The van der Waals surface area contributed by atoms with E-state index in [9.17, 15) is 14.4 Å². The largest absolute Gasteiger partial charge is 0.399 e. The summed E-state index contributed by atoms with van der Waals surface area (Å²) in [6, 6.07) is 22.6. The number of thiazole rings is 1. The second kappa shape index (κ2) is 11.5. The second-order valence-electron chi connectivity index (χ2n) is 8.54.